The molecule has 6 heteroatoms. The van der Waals surface area contributed by atoms with E-state index in [2.05, 4.69) is 27.9 Å². The predicted octanol–water partition coefficient (Wildman–Crippen LogP) is 3.21. The Hall–Kier alpha value is -0.760. The summed E-state index contributed by atoms with van der Waals surface area (Å²) in [5.41, 5.74) is 0.519. The summed E-state index contributed by atoms with van der Waals surface area (Å²) >= 11 is 3.70. The Morgan fingerprint density at radius 2 is 2.16 bits per heavy atom. The molecule has 1 amide bonds. The monoisotopic (exact) mass is 391 g/mol. The second kappa shape index (κ2) is 6.60. The van der Waals surface area contributed by atoms with Gasteiger partial charge in [-0.25, -0.2) is 4.79 Å². The number of thioether (sulfide) groups is 1. The largest absolute Gasteiger partial charge is 0.478 e. The van der Waals surface area contributed by atoms with Gasteiger partial charge in [0.25, 0.3) is 0 Å². The first kappa shape index (κ1) is 14.6. The number of carbonyl (C=O) groups is 2. The second-order valence-corrected chi connectivity index (χ2v) is 6.90. The quantitative estimate of drug-likeness (QED) is 0.777. The lowest BCUT2D eigenvalue weighted by atomic mass is 10.1. The van der Waals surface area contributed by atoms with Crippen molar-refractivity contribution in [3.05, 3.63) is 27.3 Å². The lowest BCUT2D eigenvalue weighted by molar-refractivity contribution is -0.115. The van der Waals surface area contributed by atoms with Gasteiger partial charge in [0.2, 0.25) is 5.91 Å². The number of rotatable bonds is 3. The summed E-state index contributed by atoms with van der Waals surface area (Å²) in [7, 11) is 0. The van der Waals surface area contributed by atoms with E-state index >= 15 is 0 Å². The summed E-state index contributed by atoms with van der Waals surface area (Å²) in [6.45, 7) is 0. The van der Waals surface area contributed by atoms with E-state index in [0.717, 1.165) is 28.6 Å². The van der Waals surface area contributed by atoms with Gasteiger partial charge < -0.3 is 10.4 Å². The van der Waals surface area contributed by atoms with Crippen molar-refractivity contribution in [1.82, 2.24) is 0 Å². The molecule has 19 heavy (non-hydrogen) atoms. The maximum atomic E-state index is 12.1. The van der Waals surface area contributed by atoms with Crippen molar-refractivity contribution in [3.63, 3.8) is 0 Å². The Labute approximate surface area is 129 Å². The summed E-state index contributed by atoms with van der Waals surface area (Å²) in [5.74, 6) is -0.116. The minimum atomic E-state index is -1.02. The highest BCUT2D eigenvalue weighted by Crippen LogP contribution is 2.27. The number of aromatic carboxylic acids is 1. The molecule has 1 saturated heterocycles. The summed E-state index contributed by atoms with van der Waals surface area (Å²) in [4.78, 5) is 23.3. The molecule has 1 fully saturated rings. The van der Waals surface area contributed by atoms with Gasteiger partial charge in [-0.2, -0.15) is 0 Å². The molecule has 1 aromatic carbocycles. The zero-order valence-corrected chi connectivity index (χ0v) is 13.2. The highest BCUT2D eigenvalue weighted by atomic mass is 127. The van der Waals surface area contributed by atoms with E-state index in [1.807, 2.05) is 0 Å². The fourth-order valence-electron chi connectivity index (χ4n) is 1.96. The molecule has 2 N–H and O–H groups in total. The van der Waals surface area contributed by atoms with E-state index in [-0.39, 0.29) is 16.7 Å². The summed E-state index contributed by atoms with van der Waals surface area (Å²) in [6.07, 6.45) is 3.07. The van der Waals surface area contributed by atoms with Gasteiger partial charge in [-0.15, -0.1) is 11.8 Å². The van der Waals surface area contributed by atoms with Crippen molar-refractivity contribution in [3.8, 4) is 0 Å². The van der Waals surface area contributed by atoms with Gasteiger partial charge in [0.05, 0.1) is 16.5 Å². The van der Waals surface area contributed by atoms with Crippen LogP contribution in [0.5, 0.6) is 0 Å². The minimum Gasteiger partial charge on any atom is -0.478 e. The first-order valence-electron chi connectivity index (χ1n) is 6.03. The van der Waals surface area contributed by atoms with E-state index in [4.69, 9.17) is 5.11 Å². The van der Waals surface area contributed by atoms with Crippen LogP contribution < -0.4 is 5.32 Å². The summed E-state index contributed by atoms with van der Waals surface area (Å²) in [6, 6.07) is 5.00. The van der Waals surface area contributed by atoms with Crippen molar-refractivity contribution in [1.29, 1.82) is 0 Å². The molecule has 1 unspecified atom stereocenters. The molecule has 0 radical (unpaired) electrons. The van der Waals surface area contributed by atoms with Crippen molar-refractivity contribution < 1.29 is 14.7 Å². The van der Waals surface area contributed by atoms with Crippen LogP contribution in [0.3, 0.4) is 0 Å². The van der Waals surface area contributed by atoms with Gasteiger partial charge in [0.15, 0.2) is 0 Å². The van der Waals surface area contributed by atoms with Gasteiger partial charge in [-0.1, -0.05) is 6.42 Å². The van der Waals surface area contributed by atoms with Crippen molar-refractivity contribution in [2.75, 3.05) is 11.1 Å². The maximum Gasteiger partial charge on any atom is 0.337 e. The predicted molar refractivity (Wildman–Crippen MR) is 84.8 cm³/mol. The number of hydrogen-bond acceptors (Lipinski definition) is 3. The first-order valence-corrected chi connectivity index (χ1v) is 8.16. The van der Waals surface area contributed by atoms with Crippen LogP contribution in [0.4, 0.5) is 5.69 Å². The van der Waals surface area contributed by atoms with Gasteiger partial charge >= 0.3 is 5.97 Å². The molecule has 0 saturated carbocycles. The molecule has 0 aliphatic carbocycles. The van der Waals surface area contributed by atoms with Crippen molar-refractivity contribution >= 4 is 51.9 Å². The Kier molecular flexibility index (Phi) is 5.09. The van der Waals surface area contributed by atoms with Crippen LogP contribution >= 0.6 is 34.4 Å². The topological polar surface area (TPSA) is 66.4 Å². The zero-order valence-electron chi connectivity index (χ0n) is 10.2. The molecule has 0 bridgehead atoms. The molecule has 0 spiro atoms. The first-order chi connectivity index (χ1) is 9.08. The number of anilines is 1. The van der Waals surface area contributed by atoms with Crippen molar-refractivity contribution in [2.24, 2.45) is 0 Å². The van der Waals surface area contributed by atoms with E-state index in [9.17, 15) is 9.59 Å². The number of carbonyl (C=O) groups excluding carboxylic acids is 1. The van der Waals surface area contributed by atoms with Crippen LogP contribution in [0.15, 0.2) is 18.2 Å². The van der Waals surface area contributed by atoms with Crippen molar-refractivity contribution in [2.45, 2.75) is 24.5 Å². The molecule has 1 aromatic rings. The SMILES string of the molecule is O=C(O)c1cc(I)ccc1NC(=O)C1CCCCS1. The molecule has 1 aliphatic heterocycles. The lowest BCUT2D eigenvalue weighted by Crippen LogP contribution is -2.28. The van der Waals surface area contributed by atoms with E-state index in [0.29, 0.717) is 5.69 Å². The minimum absolute atomic E-state index is 0.0605. The second-order valence-electron chi connectivity index (χ2n) is 4.34. The number of carboxylic acid groups (broad SMARTS) is 1. The highest BCUT2D eigenvalue weighted by molar-refractivity contribution is 14.1. The number of carboxylic acids is 1. The van der Waals surface area contributed by atoms with Crippen LogP contribution in [0, 0.1) is 3.57 Å². The summed E-state index contributed by atoms with van der Waals surface area (Å²) < 4.78 is 0.833. The number of amides is 1. The Balaban J connectivity index is 2.13. The van der Waals surface area contributed by atoms with Gasteiger partial charge in [-0.3, -0.25) is 4.79 Å². The van der Waals surface area contributed by atoms with E-state index < -0.39 is 5.97 Å². The third kappa shape index (κ3) is 3.85. The molecule has 1 heterocycles. The number of halogens is 1. The molecule has 4 nitrogen and oxygen atoms in total. The fraction of sp³-hybridized carbons (Fsp3) is 0.385. The molecule has 1 aliphatic rings. The standard InChI is InChI=1S/C13H14INO3S/c14-8-4-5-10(9(7-8)13(17)18)15-12(16)11-3-1-2-6-19-11/h4-5,7,11H,1-3,6H2,(H,15,16)(H,17,18). The highest BCUT2D eigenvalue weighted by Gasteiger charge is 2.23. The van der Waals surface area contributed by atoms with Gasteiger partial charge in [0.1, 0.15) is 0 Å². The molecule has 0 aromatic heterocycles. The molecule has 102 valence electrons. The van der Waals surface area contributed by atoms with Gasteiger partial charge in [-0.05, 0) is 59.4 Å². The molecular weight excluding hydrogens is 377 g/mol. The van der Waals surface area contributed by atoms with Crippen LogP contribution in [0.1, 0.15) is 29.6 Å². The Morgan fingerprint density at radius 1 is 1.37 bits per heavy atom. The molecular formula is C13H14INO3S. The normalized spacial score (nSPS) is 18.9. The fourth-order valence-corrected chi connectivity index (χ4v) is 3.65. The van der Waals surface area contributed by atoms with Crippen LogP contribution in [-0.4, -0.2) is 28.0 Å². The van der Waals surface area contributed by atoms with E-state index in [1.54, 1.807) is 30.0 Å². The molecule has 2 rings (SSSR count). The Morgan fingerprint density at radius 3 is 2.79 bits per heavy atom. The third-order valence-corrected chi connectivity index (χ3v) is 4.99. The smallest absolute Gasteiger partial charge is 0.337 e. The zero-order chi connectivity index (χ0) is 13.8. The maximum absolute atomic E-state index is 12.1. The van der Waals surface area contributed by atoms with E-state index in [1.165, 1.54) is 0 Å². The lowest BCUT2D eigenvalue weighted by Gasteiger charge is -2.20. The average molecular weight is 391 g/mol. The number of nitrogens with one attached hydrogen (secondary N) is 1. The molecule has 1 atom stereocenters. The van der Waals surface area contributed by atoms with Crippen LogP contribution in [0.25, 0.3) is 0 Å². The summed E-state index contributed by atoms with van der Waals surface area (Å²) in [5, 5.41) is 11.8. The average Bonchev–Trinajstić information content (AvgIpc) is 2.41. The third-order valence-electron chi connectivity index (χ3n) is 2.94. The van der Waals surface area contributed by atoms with Crippen LogP contribution in [-0.2, 0) is 4.79 Å². The number of hydrogen-bond donors (Lipinski definition) is 2. The van der Waals surface area contributed by atoms with Gasteiger partial charge in [0, 0.05) is 3.57 Å². The Bertz CT molecular complexity index is 501. The van der Waals surface area contributed by atoms with Crippen LogP contribution in [0.2, 0.25) is 0 Å². The number of benzene rings is 1.